The van der Waals surface area contributed by atoms with Crippen LogP contribution in [0.15, 0.2) is 47.6 Å². The summed E-state index contributed by atoms with van der Waals surface area (Å²) in [5.41, 5.74) is -0.980. The van der Waals surface area contributed by atoms with Crippen molar-refractivity contribution < 1.29 is 27.1 Å². The van der Waals surface area contributed by atoms with Gasteiger partial charge in [-0.3, -0.25) is 4.68 Å². The Morgan fingerprint density at radius 2 is 1.97 bits per heavy atom. The summed E-state index contributed by atoms with van der Waals surface area (Å²) in [7, 11) is 0. The molecule has 6 nitrogen and oxygen atoms in total. The van der Waals surface area contributed by atoms with Gasteiger partial charge >= 0.3 is 12.1 Å². The summed E-state index contributed by atoms with van der Waals surface area (Å²) >= 11 is 0.846. The molecule has 160 valence electrons. The molecule has 11 heteroatoms. The van der Waals surface area contributed by atoms with E-state index in [9.17, 15) is 27.6 Å². The van der Waals surface area contributed by atoms with Gasteiger partial charge in [-0.25, -0.2) is 14.2 Å². The van der Waals surface area contributed by atoms with Crippen molar-refractivity contribution in [2.45, 2.75) is 24.0 Å². The Balaban J connectivity index is 1.97. The lowest BCUT2D eigenvalue weighted by Gasteiger charge is -2.14. The standard InChI is InChI=1S/C20H14F4N4O2S/c1-2-30-19(29)16-7-8-28(27-16)11-31-18-15(10-25)14(9-17(26-18)20(22,23)24)12-3-5-13(21)6-4-12/h3-9H,2,11H2,1H3. The molecule has 0 saturated heterocycles. The average molecular weight is 450 g/mol. The smallest absolute Gasteiger partial charge is 0.433 e. The van der Waals surface area contributed by atoms with Crippen molar-refractivity contribution >= 4 is 17.7 Å². The zero-order valence-corrected chi connectivity index (χ0v) is 16.8. The lowest BCUT2D eigenvalue weighted by Crippen LogP contribution is -2.11. The maximum absolute atomic E-state index is 13.4. The van der Waals surface area contributed by atoms with Crippen LogP contribution in [0.2, 0.25) is 0 Å². The number of nitrogens with zero attached hydrogens (tertiary/aromatic N) is 4. The van der Waals surface area contributed by atoms with Crippen LogP contribution in [0.4, 0.5) is 17.6 Å². The third-order valence-electron chi connectivity index (χ3n) is 4.00. The van der Waals surface area contributed by atoms with Crippen molar-refractivity contribution in [3.63, 3.8) is 0 Å². The summed E-state index contributed by atoms with van der Waals surface area (Å²) in [6.07, 6.45) is -3.29. The van der Waals surface area contributed by atoms with E-state index in [0.29, 0.717) is 0 Å². The second kappa shape index (κ2) is 9.18. The molecule has 0 spiro atoms. The van der Waals surface area contributed by atoms with Crippen molar-refractivity contribution in [2.24, 2.45) is 0 Å². The number of pyridine rings is 1. The largest absolute Gasteiger partial charge is 0.461 e. The Bertz CT molecular complexity index is 1140. The molecule has 0 bridgehead atoms. The SMILES string of the molecule is CCOC(=O)c1ccn(CSc2nc(C(F)(F)F)cc(-c3ccc(F)cc3)c2C#N)n1. The highest BCUT2D eigenvalue weighted by Crippen LogP contribution is 2.37. The fraction of sp³-hybridized carbons (Fsp3) is 0.200. The van der Waals surface area contributed by atoms with Crippen LogP contribution in [0.1, 0.15) is 28.7 Å². The minimum Gasteiger partial charge on any atom is -0.461 e. The zero-order chi connectivity index (χ0) is 22.6. The van der Waals surface area contributed by atoms with Crippen LogP contribution in [0, 0.1) is 17.1 Å². The van der Waals surface area contributed by atoms with E-state index in [-0.39, 0.29) is 39.9 Å². The highest BCUT2D eigenvalue weighted by atomic mass is 32.2. The monoisotopic (exact) mass is 450 g/mol. The molecule has 0 radical (unpaired) electrons. The topological polar surface area (TPSA) is 80.8 Å². The highest BCUT2D eigenvalue weighted by Gasteiger charge is 2.34. The summed E-state index contributed by atoms with van der Waals surface area (Å²) < 4.78 is 59.6. The Hall–Kier alpha value is -3.39. The van der Waals surface area contributed by atoms with Crippen molar-refractivity contribution in [3.05, 3.63) is 65.4 Å². The number of halogens is 4. The molecule has 1 aromatic carbocycles. The van der Waals surface area contributed by atoms with E-state index < -0.39 is 23.7 Å². The summed E-state index contributed by atoms with van der Waals surface area (Å²) in [6.45, 7) is 1.82. The Labute approximate surface area is 178 Å². The maximum atomic E-state index is 13.4. The number of ether oxygens (including phenoxy) is 1. The first-order chi connectivity index (χ1) is 14.7. The summed E-state index contributed by atoms with van der Waals surface area (Å²) in [5, 5.41) is 13.4. The van der Waals surface area contributed by atoms with Gasteiger partial charge in [0.15, 0.2) is 5.69 Å². The molecule has 0 saturated carbocycles. The van der Waals surface area contributed by atoms with Crippen molar-refractivity contribution in [2.75, 3.05) is 6.61 Å². The first-order valence-corrected chi connectivity index (χ1v) is 9.83. The summed E-state index contributed by atoms with van der Waals surface area (Å²) in [6, 6.07) is 8.83. The predicted molar refractivity (Wildman–Crippen MR) is 103 cm³/mol. The van der Waals surface area contributed by atoms with Gasteiger partial charge in [-0.15, -0.1) is 0 Å². The number of carbonyl (C=O) groups excluding carboxylic acids is 1. The number of carbonyl (C=O) groups is 1. The van der Waals surface area contributed by atoms with E-state index in [1.54, 1.807) is 6.92 Å². The number of esters is 1. The number of thioether (sulfide) groups is 1. The Morgan fingerprint density at radius 1 is 1.26 bits per heavy atom. The zero-order valence-electron chi connectivity index (χ0n) is 16.0. The van der Waals surface area contributed by atoms with Gasteiger partial charge in [-0.05, 0) is 36.8 Å². The van der Waals surface area contributed by atoms with Gasteiger partial charge in [0, 0.05) is 11.8 Å². The molecule has 0 fully saturated rings. The molecule has 0 aliphatic carbocycles. The number of rotatable bonds is 6. The quantitative estimate of drug-likeness (QED) is 0.302. The number of aromatic nitrogens is 3. The molecular formula is C20H14F4N4O2S. The molecule has 0 aliphatic heterocycles. The molecule has 31 heavy (non-hydrogen) atoms. The van der Waals surface area contributed by atoms with Crippen LogP contribution in [0.25, 0.3) is 11.1 Å². The van der Waals surface area contributed by atoms with Crippen LogP contribution in [0.3, 0.4) is 0 Å². The van der Waals surface area contributed by atoms with Crippen molar-refractivity contribution in [1.82, 2.24) is 14.8 Å². The molecule has 0 amide bonds. The first kappa shape index (κ1) is 22.3. The number of hydrogen-bond acceptors (Lipinski definition) is 6. The maximum Gasteiger partial charge on any atom is 0.433 e. The normalized spacial score (nSPS) is 11.2. The molecule has 2 heterocycles. The lowest BCUT2D eigenvalue weighted by molar-refractivity contribution is -0.141. The molecule has 0 atom stereocenters. The summed E-state index contributed by atoms with van der Waals surface area (Å²) in [4.78, 5) is 15.3. The predicted octanol–water partition coefficient (Wildman–Crippen LogP) is 4.90. The van der Waals surface area contributed by atoms with Crippen LogP contribution < -0.4 is 0 Å². The van der Waals surface area contributed by atoms with Crippen LogP contribution in [0.5, 0.6) is 0 Å². The number of alkyl halides is 3. The third-order valence-corrected chi connectivity index (χ3v) is 4.96. The minimum absolute atomic E-state index is 0.00868. The average Bonchev–Trinajstić information content (AvgIpc) is 3.21. The Morgan fingerprint density at radius 3 is 2.58 bits per heavy atom. The van der Waals surface area contributed by atoms with Crippen LogP contribution >= 0.6 is 11.8 Å². The van der Waals surface area contributed by atoms with E-state index in [0.717, 1.165) is 30.0 Å². The third kappa shape index (κ3) is 5.21. The molecule has 0 unspecified atom stereocenters. The molecule has 2 aromatic heterocycles. The number of hydrogen-bond donors (Lipinski definition) is 0. The molecule has 0 aliphatic rings. The Kier molecular flexibility index (Phi) is 6.60. The lowest BCUT2D eigenvalue weighted by atomic mass is 10.0. The number of nitriles is 1. The first-order valence-electron chi connectivity index (χ1n) is 8.84. The number of benzene rings is 1. The van der Waals surface area contributed by atoms with E-state index >= 15 is 0 Å². The second-order valence-electron chi connectivity index (χ2n) is 6.09. The van der Waals surface area contributed by atoms with Gasteiger partial charge in [0.1, 0.15) is 22.6 Å². The molecule has 0 N–H and O–H groups in total. The fourth-order valence-corrected chi connectivity index (χ4v) is 3.47. The van der Waals surface area contributed by atoms with Gasteiger partial charge in [0.2, 0.25) is 0 Å². The van der Waals surface area contributed by atoms with Crippen molar-refractivity contribution in [1.29, 1.82) is 5.26 Å². The highest BCUT2D eigenvalue weighted by molar-refractivity contribution is 7.98. The van der Waals surface area contributed by atoms with E-state index in [4.69, 9.17) is 4.74 Å². The van der Waals surface area contributed by atoms with Crippen molar-refractivity contribution in [3.8, 4) is 17.2 Å². The van der Waals surface area contributed by atoms with Gasteiger partial charge in [0.05, 0.1) is 18.0 Å². The molecule has 3 rings (SSSR count). The van der Waals surface area contributed by atoms with Crippen LogP contribution in [-0.2, 0) is 16.8 Å². The molecular weight excluding hydrogens is 436 g/mol. The van der Waals surface area contributed by atoms with Crippen LogP contribution in [-0.4, -0.2) is 27.3 Å². The molecule has 3 aromatic rings. The van der Waals surface area contributed by atoms with Gasteiger partial charge in [-0.2, -0.15) is 23.5 Å². The fourth-order valence-electron chi connectivity index (χ4n) is 2.61. The van der Waals surface area contributed by atoms with E-state index in [1.165, 1.54) is 29.1 Å². The van der Waals surface area contributed by atoms with Gasteiger partial charge in [0.25, 0.3) is 0 Å². The van der Waals surface area contributed by atoms with E-state index in [2.05, 4.69) is 10.1 Å². The van der Waals surface area contributed by atoms with Gasteiger partial charge in [-0.1, -0.05) is 23.9 Å². The van der Waals surface area contributed by atoms with Gasteiger partial charge < -0.3 is 4.74 Å². The van der Waals surface area contributed by atoms with E-state index in [1.807, 2.05) is 6.07 Å². The summed E-state index contributed by atoms with van der Waals surface area (Å²) in [5.74, 6) is -1.19. The minimum atomic E-state index is -4.75. The second-order valence-corrected chi connectivity index (χ2v) is 7.02.